The van der Waals surface area contributed by atoms with E-state index in [0.29, 0.717) is 17.1 Å². The lowest BCUT2D eigenvalue weighted by Crippen LogP contribution is -2.15. The van der Waals surface area contributed by atoms with E-state index >= 15 is 0 Å². The average Bonchev–Trinajstić information content (AvgIpc) is 3.03. The number of hydrogen-bond acceptors (Lipinski definition) is 4. The number of aromatic nitrogens is 1. The maximum atomic E-state index is 12.7. The Morgan fingerprint density at radius 3 is 2.38 bits per heavy atom. The van der Waals surface area contributed by atoms with Gasteiger partial charge in [0.25, 0.3) is 5.91 Å². The van der Waals surface area contributed by atoms with E-state index in [0.717, 1.165) is 23.3 Å². The third-order valence-electron chi connectivity index (χ3n) is 4.53. The van der Waals surface area contributed by atoms with Crippen molar-refractivity contribution >= 4 is 11.6 Å². The van der Waals surface area contributed by atoms with Gasteiger partial charge in [-0.05, 0) is 68.3 Å². The summed E-state index contributed by atoms with van der Waals surface area (Å²) >= 11 is 0. The lowest BCUT2D eigenvalue weighted by atomic mass is 10.1. The molecule has 0 saturated heterocycles. The number of benzene rings is 2. The van der Waals surface area contributed by atoms with Crippen molar-refractivity contribution in [2.24, 2.45) is 0 Å². The Hall–Kier alpha value is -3.29. The zero-order valence-corrected chi connectivity index (χ0v) is 16.1. The summed E-state index contributed by atoms with van der Waals surface area (Å²) < 4.78 is 48.8. The molecule has 0 saturated carbocycles. The van der Waals surface area contributed by atoms with Crippen LogP contribution in [0, 0.1) is 20.8 Å². The number of rotatable bonds is 5. The van der Waals surface area contributed by atoms with Gasteiger partial charge in [0.1, 0.15) is 18.1 Å². The van der Waals surface area contributed by atoms with Crippen molar-refractivity contribution in [2.75, 3.05) is 5.32 Å². The Morgan fingerprint density at radius 1 is 1.07 bits per heavy atom. The van der Waals surface area contributed by atoms with E-state index in [1.54, 1.807) is 6.92 Å². The fourth-order valence-corrected chi connectivity index (χ4v) is 2.63. The van der Waals surface area contributed by atoms with E-state index in [1.165, 1.54) is 12.1 Å². The van der Waals surface area contributed by atoms with E-state index in [1.807, 2.05) is 32.0 Å². The molecule has 1 N–H and O–H groups in total. The maximum absolute atomic E-state index is 12.7. The van der Waals surface area contributed by atoms with Gasteiger partial charge in [-0.2, -0.15) is 13.2 Å². The number of carbonyl (C=O) groups excluding carboxylic acids is 1. The molecule has 5 nitrogen and oxygen atoms in total. The normalized spacial score (nSPS) is 11.4. The summed E-state index contributed by atoms with van der Waals surface area (Å²) in [5.41, 5.74) is 2.11. The van der Waals surface area contributed by atoms with Gasteiger partial charge in [-0.1, -0.05) is 11.2 Å². The first kappa shape index (κ1) is 20.4. The minimum Gasteiger partial charge on any atom is -0.489 e. The lowest BCUT2D eigenvalue weighted by molar-refractivity contribution is -0.137. The van der Waals surface area contributed by atoms with E-state index in [2.05, 4.69) is 10.5 Å². The number of nitrogens with zero attached hydrogens (tertiary/aromatic N) is 1. The van der Waals surface area contributed by atoms with Crippen LogP contribution in [0.5, 0.6) is 5.75 Å². The van der Waals surface area contributed by atoms with Gasteiger partial charge >= 0.3 is 6.18 Å². The molecule has 0 radical (unpaired) electrons. The van der Waals surface area contributed by atoms with Gasteiger partial charge in [0.15, 0.2) is 5.69 Å². The first-order valence-electron chi connectivity index (χ1n) is 8.79. The molecule has 2 aromatic carbocycles. The molecule has 1 amide bonds. The summed E-state index contributed by atoms with van der Waals surface area (Å²) in [6, 6.07) is 9.80. The lowest BCUT2D eigenvalue weighted by Gasteiger charge is -2.10. The SMILES string of the molecule is Cc1ccc(OCc2c(C(=O)Nc3ccc(C(F)(F)F)cc3)noc2C)cc1C. The van der Waals surface area contributed by atoms with Crippen LogP contribution in [0.1, 0.15) is 38.5 Å². The number of aryl methyl sites for hydroxylation is 3. The Kier molecular flexibility index (Phi) is 5.63. The molecular weight excluding hydrogens is 385 g/mol. The largest absolute Gasteiger partial charge is 0.489 e. The standard InChI is InChI=1S/C21H19F3N2O3/c1-12-4-9-17(10-13(12)2)28-11-18-14(3)29-26-19(18)20(27)25-16-7-5-15(6-8-16)21(22,23)24/h4-10H,11H2,1-3H3,(H,25,27). The monoisotopic (exact) mass is 404 g/mol. The first-order chi connectivity index (χ1) is 13.6. The molecule has 1 aromatic heterocycles. The van der Waals surface area contributed by atoms with Gasteiger partial charge in [0.05, 0.1) is 11.1 Å². The van der Waals surface area contributed by atoms with Gasteiger partial charge in [0, 0.05) is 5.69 Å². The molecule has 0 spiro atoms. The first-order valence-corrected chi connectivity index (χ1v) is 8.79. The number of carbonyl (C=O) groups is 1. The number of hydrogen-bond donors (Lipinski definition) is 1. The van der Waals surface area contributed by atoms with Gasteiger partial charge < -0.3 is 14.6 Å². The average molecular weight is 404 g/mol. The Balaban J connectivity index is 1.72. The van der Waals surface area contributed by atoms with Crippen LogP contribution in [0.2, 0.25) is 0 Å². The van der Waals surface area contributed by atoms with Gasteiger partial charge in [-0.15, -0.1) is 0 Å². The highest BCUT2D eigenvalue weighted by atomic mass is 19.4. The highest BCUT2D eigenvalue weighted by Gasteiger charge is 2.30. The molecule has 0 bridgehead atoms. The van der Waals surface area contributed by atoms with Gasteiger partial charge in [0.2, 0.25) is 0 Å². The predicted molar refractivity (Wildman–Crippen MR) is 101 cm³/mol. The highest BCUT2D eigenvalue weighted by Crippen LogP contribution is 2.30. The van der Waals surface area contributed by atoms with Crippen LogP contribution in [0.3, 0.4) is 0 Å². The molecule has 29 heavy (non-hydrogen) atoms. The van der Waals surface area contributed by atoms with Crippen LogP contribution >= 0.6 is 0 Å². The molecule has 8 heteroatoms. The second kappa shape index (κ2) is 7.98. The number of nitrogens with one attached hydrogen (secondary N) is 1. The zero-order valence-electron chi connectivity index (χ0n) is 16.1. The number of halogens is 3. The summed E-state index contributed by atoms with van der Waals surface area (Å²) in [5.74, 6) is 0.467. The van der Waals surface area contributed by atoms with Crippen molar-refractivity contribution < 1.29 is 27.2 Å². The second-order valence-electron chi connectivity index (χ2n) is 6.63. The van der Waals surface area contributed by atoms with Crippen molar-refractivity contribution in [1.29, 1.82) is 0 Å². The summed E-state index contributed by atoms with van der Waals surface area (Å²) in [7, 11) is 0. The summed E-state index contributed by atoms with van der Waals surface area (Å²) in [4.78, 5) is 12.5. The fourth-order valence-electron chi connectivity index (χ4n) is 2.63. The smallest absolute Gasteiger partial charge is 0.416 e. The molecule has 0 atom stereocenters. The minimum absolute atomic E-state index is 0.0197. The number of alkyl halides is 3. The van der Waals surface area contributed by atoms with E-state index in [-0.39, 0.29) is 18.0 Å². The molecule has 0 unspecified atom stereocenters. The minimum atomic E-state index is -4.44. The maximum Gasteiger partial charge on any atom is 0.416 e. The zero-order chi connectivity index (χ0) is 21.2. The number of amides is 1. The second-order valence-corrected chi connectivity index (χ2v) is 6.63. The third-order valence-corrected chi connectivity index (χ3v) is 4.53. The quantitative estimate of drug-likeness (QED) is 0.614. The molecule has 0 aliphatic carbocycles. The molecule has 0 aliphatic heterocycles. The molecule has 0 aliphatic rings. The van der Waals surface area contributed by atoms with Crippen molar-refractivity contribution in [3.05, 3.63) is 76.2 Å². The van der Waals surface area contributed by atoms with Crippen LogP contribution in [-0.4, -0.2) is 11.1 Å². The highest BCUT2D eigenvalue weighted by molar-refractivity contribution is 6.03. The Morgan fingerprint density at radius 2 is 1.76 bits per heavy atom. The summed E-state index contributed by atoms with van der Waals surface area (Å²) in [5, 5.41) is 6.29. The van der Waals surface area contributed by atoms with Gasteiger partial charge in [-0.25, -0.2) is 0 Å². The molecule has 152 valence electrons. The van der Waals surface area contributed by atoms with Crippen LogP contribution in [-0.2, 0) is 12.8 Å². The Bertz CT molecular complexity index is 1020. The molecule has 3 rings (SSSR count). The number of ether oxygens (including phenoxy) is 1. The van der Waals surface area contributed by atoms with Crippen molar-refractivity contribution in [2.45, 2.75) is 33.6 Å². The van der Waals surface area contributed by atoms with E-state index < -0.39 is 17.6 Å². The molecule has 0 fully saturated rings. The summed E-state index contributed by atoms with van der Waals surface area (Å²) in [6.07, 6.45) is -4.44. The fraction of sp³-hybridized carbons (Fsp3) is 0.238. The van der Waals surface area contributed by atoms with Crippen LogP contribution in [0.25, 0.3) is 0 Å². The third kappa shape index (κ3) is 4.77. The summed E-state index contributed by atoms with van der Waals surface area (Å²) in [6.45, 7) is 5.68. The Labute approximate surface area is 165 Å². The van der Waals surface area contributed by atoms with Crippen LogP contribution in [0.4, 0.5) is 18.9 Å². The van der Waals surface area contributed by atoms with Crippen molar-refractivity contribution in [3.63, 3.8) is 0 Å². The van der Waals surface area contributed by atoms with Crippen molar-refractivity contribution in [1.82, 2.24) is 5.16 Å². The predicted octanol–water partition coefficient (Wildman–Crippen LogP) is 5.45. The van der Waals surface area contributed by atoms with Crippen LogP contribution in [0.15, 0.2) is 47.0 Å². The molecule has 1 heterocycles. The van der Waals surface area contributed by atoms with E-state index in [9.17, 15) is 18.0 Å². The van der Waals surface area contributed by atoms with Gasteiger partial charge in [-0.3, -0.25) is 4.79 Å². The van der Waals surface area contributed by atoms with E-state index in [4.69, 9.17) is 9.26 Å². The molecule has 3 aromatic rings. The van der Waals surface area contributed by atoms with Crippen molar-refractivity contribution in [3.8, 4) is 5.75 Å². The topological polar surface area (TPSA) is 64.4 Å². The molecular formula is C21H19F3N2O3. The van der Waals surface area contributed by atoms with Crippen LogP contribution < -0.4 is 10.1 Å². The number of anilines is 1.